The van der Waals surface area contributed by atoms with Crippen LogP contribution in [0.4, 0.5) is 0 Å². The minimum Gasteiger partial charge on any atom is -0.505 e. The SMILES string of the molecule is CNCCC1CCCCN1C(=O)c1ccncc1O. The number of amides is 1. The van der Waals surface area contributed by atoms with E-state index in [-0.39, 0.29) is 17.7 Å². The summed E-state index contributed by atoms with van der Waals surface area (Å²) in [6, 6.07) is 1.85. The second-order valence-electron chi connectivity index (χ2n) is 4.93. The average molecular weight is 263 g/mol. The molecule has 5 heteroatoms. The fraction of sp³-hybridized carbons (Fsp3) is 0.571. The molecular formula is C14H21N3O2. The van der Waals surface area contributed by atoms with Gasteiger partial charge in [0.05, 0.1) is 11.8 Å². The lowest BCUT2D eigenvalue weighted by molar-refractivity contribution is 0.0599. The minimum atomic E-state index is -0.0827. The van der Waals surface area contributed by atoms with Crippen LogP contribution < -0.4 is 5.32 Å². The number of aromatic nitrogens is 1. The van der Waals surface area contributed by atoms with Gasteiger partial charge in [-0.3, -0.25) is 9.78 Å². The van der Waals surface area contributed by atoms with Gasteiger partial charge in [0, 0.05) is 18.8 Å². The zero-order valence-corrected chi connectivity index (χ0v) is 11.3. The van der Waals surface area contributed by atoms with Gasteiger partial charge in [-0.25, -0.2) is 0 Å². The van der Waals surface area contributed by atoms with Gasteiger partial charge < -0.3 is 15.3 Å². The molecule has 1 amide bonds. The van der Waals surface area contributed by atoms with Gasteiger partial charge in [-0.2, -0.15) is 0 Å². The van der Waals surface area contributed by atoms with Gasteiger partial charge in [-0.05, 0) is 45.3 Å². The number of piperidine rings is 1. The number of hydrogen-bond donors (Lipinski definition) is 2. The van der Waals surface area contributed by atoms with E-state index in [0.717, 1.165) is 32.4 Å². The Balaban J connectivity index is 2.13. The Bertz CT molecular complexity index is 436. The third-order valence-corrected chi connectivity index (χ3v) is 3.65. The molecule has 5 nitrogen and oxygen atoms in total. The van der Waals surface area contributed by atoms with E-state index in [2.05, 4.69) is 10.3 Å². The Kier molecular flexibility index (Phi) is 4.74. The summed E-state index contributed by atoms with van der Waals surface area (Å²) in [5.74, 6) is -0.119. The third-order valence-electron chi connectivity index (χ3n) is 3.65. The Labute approximate surface area is 113 Å². The second-order valence-corrected chi connectivity index (χ2v) is 4.93. The predicted molar refractivity (Wildman–Crippen MR) is 73.1 cm³/mol. The predicted octanol–water partition coefficient (Wildman–Crippen LogP) is 1.39. The molecule has 0 saturated carbocycles. The Morgan fingerprint density at radius 3 is 3.16 bits per heavy atom. The molecule has 0 spiro atoms. The lowest BCUT2D eigenvalue weighted by Gasteiger charge is -2.36. The summed E-state index contributed by atoms with van der Waals surface area (Å²) < 4.78 is 0. The van der Waals surface area contributed by atoms with Crippen molar-refractivity contribution < 1.29 is 9.90 Å². The summed E-state index contributed by atoms with van der Waals surface area (Å²) in [6.07, 6.45) is 7.06. The molecular weight excluding hydrogens is 242 g/mol. The molecule has 1 atom stereocenters. The first-order valence-corrected chi connectivity index (χ1v) is 6.82. The number of nitrogens with one attached hydrogen (secondary N) is 1. The Hall–Kier alpha value is -1.62. The quantitative estimate of drug-likeness (QED) is 0.861. The number of aromatic hydroxyl groups is 1. The smallest absolute Gasteiger partial charge is 0.257 e. The molecule has 0 bridgehead atoms. The van der Waals surface area contributed by atoms with E-state index < -0.39 is 0 Å². The van der Waals surface area contributed by atoms with Gasteiger partial charge >= 0.3 is 0 Å². The van der Waals surface area contributed by atoms with Gasteiger partial charge in [-0.1, -0.05) is 0 Å². The van der Waals surface area contributed by atoms with Crippen LogP contribution >= 0.6 is 0 Å². The molecule has 1 aliphatic rings. The molecule has 0 aromatic carbocycles. The van der Waals surface area contributed by atoms with Crippen LogP contribution in [0.25, 0.3) is 0 Å². The molecule has 104 valence electrons. The molecule has 1 fully saturated rings. The van der Waals surface area contributed by atoms with Crippen LogP contribution in [-0.4, -0.2) is 47.1 Å². The molecule has 2 rings (SSSR count). The van der Waals surface area contributed by atoms with Gasteiger partial charge in [0.25, 0.3) is 5.91 Å². The van der Waals surface area contributed by atoms with E-state index >= 15 is 0 Å². The van der Waals surface area contributed by atoms with Crippen LogP contribution in [0.2, 0.25) is 0 Å². The van der Waals surface area contributed by atoms with E-state index in [9.17, 15) is 9.90 Å². The van der Waals surface area contributed by atoms with Crippen LogP contribution in [0.3, 0.4) is 0 Å². The van der Waals surface area contributed by atoms with E-state index in [1.807, 2.05) is 11.9 Å². The number of pyridine rings is 1. The van der Waals surface area contributed by atoms with Crippen LogP contribution in [0.1, 0.15) is 36.0 Å². The average Bonchev–Trinajstić information content (AvgIpc) is 2.45. The van der Waals surface area contributed by atoms with Crippen molar-refractivity contribution >= 4 is 5.91 Å². The van der Waals surface area contributed by atoms with Crippen molar-refractivity contribution in [2.24, 2.45) is 0 Å². The van der Waals surface area contributed by atoms with E-state index in [1.165, 1.54) is 12.6 Å². The van der Waals surface area contributed by atoms with Crippen molar-refractivity contribution in [3.63, 3.8) is 0 Å². The number of carbonyl (C=O) groups is 1. The number of rotatable bonds is 4. The first-order valence-electron chi connectivity index (χ1n) is 6.82. The maximum Gasteiger partial charge on any atom is 0.257 e. The minimum absolute atomic E-state index is 0.0366. The Morgan fingerprint density at radius 1 is 1.58 bits per heavy atom. The normalized spacial score (nSPS) is 19.4. The topological polar surface area (TPSA) is 65.5 Å². The summed E-state index contributed by atoms with van der Waals surface area (Å²) in [5.41, 5.74) is 0.353. The Morgan fingerprint density at radius 2 is 2.42 bits per heavy atom. The monoisotopic (exact) mass is 263 g/mol. The summed E-state index contributed by atoms with van der Waals surface area (Å²) in [4.78, 5) is 18.2. The highest BCUT2D eigenvalue weighted by Crippen LogP contribution is 2.24. The number of likely N-dealkylation sites (tertiary alicyclic amines) is 1. The molecule has 1 unspecified atom stereocenters. The second kappa shape index (κ2) is 6.52. The van der Waals surface area contributed by atoms with Crippen molar-refractivity contribution in [2.45, 2.75) is 31.7 Å². The lowest BCUT2D eigenvalue weighted by atomic mass is 9.98. The van der Waals surface area contributed by atoms with Gasteiger partial charge in [0.15, 0.2) is 0 Å². The van der Waals surface area contributed by atoms with Crippen molar-refractivity contribution in [3.05, 3.63) is 24.0 Å². The van der Waals surface area contributed by atoms with Crippen molar-refractivity contribution in [2.75, 3.05) is 20.1 Å². The van der Waals surface area contributed by atoms with Crippen LogP contribution in [-0.2, 0) is 0 Å². The van der Waals surface area contributed by atoms with Gasteiger partial charge in [0.1, 0.15) is 5.75 Å². The van der Waals surface area contributed by atoms with E-state index in [0.29, 0.717) is 5.56 Å². The fourth-order valence-corrected chi connectivity index (χ4v) is 2.60. The van der Waals surface area contributed by atoms with Gasteiger partial charge in [-0.15, -0.1) is 0 Å². The summed E-state index contributed by atoms with van der Waals surface area (Å²) in [7, 11) is 1.92. The maximum absolute atomic E-state index is 12.5. The molecule has 0 radical (unpaired) electrons. The fourth-order valence-electron chi connectivity index (χ4n) is 2.60. The zero-order valence-electron chi connectivity index (χ0n) is 11.3. The molecule has 1 aliphatic heterocycles. The largest absolute Gasteiger partial charge is 0.505 e. The van der Waals surface area contributed by atoms with Gasteiger partial charge in [0.2, 0.25) is 0 Å². The van der Waals surface area contributed by atoms with E-state index in [1.54, 1.807) is 12.3 Å². The number of hydrogen-bond acceptors (Lipinski definition) is 4. The highest BCUT2D eigenvalue weighted by molar-refractivity contribution is 5.96. The maximum atomic E-state index is 12.5. The first-order chi connectivity index (χ1) is 9.24. The van der Waals surface area contributed by atoms with Crippen LogP contribution in [0, 0.1) is 0 Å². The molecule has 1 aromatic rings. The molecule has 19 heavy (non-hydrogen) atoms. The third kappa shape index (κ3) is 3.23. The summed E-state index contributed by atoms with van der Waals surface area (Å²) in [6.45, 7) is 1.67. The highest BCUT2D eigenvalue weighted by Gasteiger charge is 2.28. The molecule has 2 heterocycles. The first kappa shape index (κ1) is 13.8. The summed E-state index contributed by atoms with van der Waals surface area (Å²) >= 11 is 0. The number of nitrogens with zero attached hydrogens (tertiary/aromatic N) is 2. The molecule has 2 N–H and O–H groups in total. The van der Waals surface area contributed by atoms with Crippen molar-refractivity contribution in [1.29, 1.82) is 0 Å². The molecule has 1 saturated heterocycles. The zero-order chi connectivity index (χ0) is 13.7. The summed E-state index contributed by atoms with van der Waals surface area (Å²) in [5, 5.41) is 12.9. The van der Waals surface area contributed by atoms with Crippen LogP contribution in [0.5, 0.6) is 5.75 Å². The lowest BCUT2D eigenvalue weighted by Crippen LogP contribution is -2.44. The molecule has 1 aromatic heterocycles. The van der Waals surface area contributed by atoms with Crippen molar-refractivity contribution in [1.82, 2.24) is 15.2 Å². The van der Waals surface area contributed by atoms with E-state index in [4.69, 9.17) is 0 Å². The van der Waals surface area contributed by atoms with Crippen LogP contribution in [0.15, 0.2) is 18.5 Å². The highest BCUT2D eigenvalue weighted by atomic mass is 16.3. The standard InChI is InChI=1S/C14H21N3O2/c1-15-7-5-11-4-2-3-9-17(11)14(19)12-6-8-16-10-13(12)18/h6,8,10-11,15,18H,2-5,7,9H2,1H3. The van der Waals surface area contributed by atoms with Crippen molar-refractivity contribution in [3.8, 4) is 5.75 Å². The number of carbonyl (C=O) groups excluding carboxylic acids is 1. The molecule has 0 aliphatic carbocycles.